The lowest BCUT2D eigenvalue weighted by atomic mass is 9.75. The molecule has 0 saturated heterocycles. The van der Waals surface area contributed by atoms with E-state index < -0.39 is 35.5 Å². The summed E-state index contributed by atoms with van der Waals surface area (Å²) in [6, 6.07) is 13.8. The summed E-state index contributed by atoms with van der Waals surface area (Å²) >= 11 is 1.23. The van der Waals surface area contributed by atoms with Crippen LogP contribution in [-0.4, -0.2) is 48.7 Å². The number of thioether (sulfide) groups is 1. The molecule has 0 aliphatic carbocycles. The van der Waals surface area contributed by atoms with Gasteiger partial charge in [-0.25, -0.2) is 4.79 Å². The highest BCUT2D eigenvalue weighted by Crippen LogP contribution is 2.42. The van der Waals surface area contributed by atoms with Crippen molar-refractivity contribution in [3.05, 3.63) is 82.6 Å². The molecule has 0 spiro atoms. The zero-order valence-corrected chi connectivity index (χ0v) is 22.0. The number of ether oxygens (including phenoxy) is 2. The van der Waals surface area contributed by atoms with Crippen LogP contribution < -0.4 is 0 Å². The van der Waals surface area contributed by atoms with E-state index in [1.54, 1.807) is 13.8 Å². The molecule has 0 saturated carbocycles. The SMILES string of the molecule is CCOC(=O)C1=C(CSCC(=O)Cc2ccccc2)N=C(C)C(C(=O)OC)C1c1cccc(C(F)(F)F)c1. The van der Waals surface area contributed by atoms with Crippen molar-refractivity contribution < 1.29 is 37.0 Å². The first-order valence-electron chi connectivity index (χ1n) is 11.9. The van der Waals surface area contributed by atoms with Gasteiger partial charge in [0.15, 0.2) is 0 Å². The van der Waals surface area contributed by atoms with E-state index in [-0.39, 0.29) is 47.2 Å². The minimum absolute atomic E-state index is 0.0131. The molecular formula is C28H28F3NO5S. The Bertz CT molecular complexity index is 1240. The second-order valence-electron chi connectivity index (χ2n) is 8.63. The zero-order valence-electron chi connectivity index (χ0n) is 21.2. The smallest absolute Gasteiger partial charge is 0.416 e. The zero-order chi connectivity index (χ0) is 27.9. The molecule has 0 amide bonds. The van der Waals surface area contributed by atoms with Crippen molar-refractivity contribution in [3.63, 3.8) is 0 Å². The van der Waals surface area contributed by atoms with Gasteiger partial charge < -0.3 is 9.47 Å². The molecular weight excluding hydrogens is 519 g/mol. The quantitative estimate of drug-likeness (QED) is 0.370. The number of hydrogen-bond donors (Lipinski definition) is 0. The Morgan fingerprint density at radius 2 is 1.76 bits per heavy atom. The molecule has 1 aliphatic heterocycles. The summed E-state index contributed by atoms with van der Waals surface area (Å²) < 4.78 is 50.8. The number of benzene rings is 2. The largest absolute Gasteiger partial charge is 0.468 e. The molecule has 0 N–H and O–H groups in total. The van der Waals surface area contributed by atoms with Crippen molar-refractivity contribution in [1.82, 2.24) is 0 Å². The number of alkyl halides is 3. The molecule has 1 aliphatic rings. The molecule has 0 aromatic heterocycles. The molecule has 2 unspecified atom stereocenters. The highest BCUT2D eigenvalue weighted by atomic mass is 32.2. The predicted octanol–water partition coefficient (Wildman–Crippen LogP) is 5.41. The first kappa shape index (κ1) is 29.2. The molecule has 0 fully saturated rings. The first-order chi connectivity index (χ1) is 18.1. The van der Waals surface area contributed by atoms with Crippen LogP contribution in [0, 0.1) is 5.92 Å². The van der Waals surface area contributed by atoms with Gasteiger partial charge in [0, 0.05) is 23.8 Å². The van der Waals surface area contributed by atoms with Crippen molar-refractivity contribution >= 4 is 35.2 Å². The van der Waals surface area contributed by atoms with Gasteiger partial charge in [-0.15, -0.1) is 11.8 Å². The Morgan fingerprint density at radius 1 is 1.05 bits per heavy atom. The normalized spacial score (nSPS) is 17.6. The van der Waals surface area contributed by atoms with Gasteiger partial charge in [-0.1, -0.05) is 48.5 Å². The lowest BCUT2D eigenvalue weighted by Gasteiger charge is -2.32. The molecule has 38 heavy (non-hydrogen) atoms. The van der Waals surface area contributed by atoms with Crippen molar-refractivity contribution in [2.24, 2.45) is 10.9 Å². The van der Waals surface area contributed by atoms with Crippen LogP contribution in [0.15, 0.2) is 70.9 Å². The van der Waals surface area contributed by atoms with Crippen LogP contribution in [0.1, 0.15) is 36.5 Å². The van der Waals surface area contributed by atoms with Crippen LogP contribution in [0.25, 0.3) is 0 Å². The second-order valence-corrected chi connectivity index (χ2v) is 9.62. The highest BCUT2D eigenvalue weighted by molar-refractivity contribution is 8.00. The fraction of sp³-hybridized carbons (Fsp3) is 0.357. The third-order valence-electron chi connectivity index (χ3n) is 5.99. The number of Topliss-reactive ketones (excluding diaryl/α,β-unsaturated/α-hetero) is 1. The maximum atomic E-state index is 13.5. The molecule has 202 valence electrons. The summed E-state index contributed by atoms with van der Waals surface area (Å²) in [6.45, 7) is 3.18. The van der Waals surface area contributed by atoms with Crippen LogP contribution in [0.3, 0.4) is 0 Å². The molecule has 0 radical (unpaired) electrons. The third-order valence-corrected chi connectivity index (χ3v) is 6.99. The minimum Gasteiger partial charge on any atom is -0.468 e. The van der Waals surface area contributed by atoms with Gasteiger partial charge in [0.1, 0.15) is 11.7 Å². The molecule has 2 aromatic rings. The molecule has 6 nitrogen and oxygen atoms in total. The molecule has 3 rings (SSSR count). The van der Waals surface area contributed by atoms with Crippen LogP contribution in [0.2, 0.25) is 0 Å². The van der Waals surface area contributed by atoms with Crippen LogP contribution in [0.5, 0.6) is 0 Å². The Labute approximate surface area is 223 Å². The van der Waals surface area contributed by atoms with Gasteiger partial charge in [0.2, 0.25) is 0 Å². The predicted molar refractivity (Wildman–Crippen MR) is 139 cm³/mol. The van der Waals surface area contributed by atoms with Crippen molar-refractivity contribution in [2.75, 3.05) is 25.2 Å². The van der Waals surface area contributed by atoms with Gasteiger partial charge >= 0.3 is 18.1 Å². The van der Waals surface area contributed by atoms with Crippen LogP contribution in [0.4, 0.5) is 13.2 Å². The summed E-state index contributed by atoms with van der Waals surface area (Å²) in [4.78, 5) is 43.0. The second kappa shape index (κ2) is 12.9. The van der Waals surface area contributed by atoms with E-state index in [9.17, 15) is 27.6 Å². The molecule has 2 aromatic carbocycles. The number of carbonyl (C=O) groups is 3. The monoisotopic (exact) mass is 547 g/mol. The maximum absolute atomic E-state index is 13.5. The molecule has 2 atom stereocenters. The van der Waals surface area contributed by atoms with Crippen molar-refractivity contribution in [1.29, 1.82) is 0 Å². The summed E-state index contributed by atoms with van der Waals surface area (Å²) in [5.41, 5.74) is 0.593. The average molecular weight is 548 g/mol. The topological polar surface area (TPSA) is 82.0 Å². The summed E-state index contributed by atoms with van der Waals surface area (Å²) in [5, 5.41) is 0. The van der Waals surface area contributed by atoms with E-state index in [1.807, 2.05) is 30.3 Å². The van der Waals surface area contributed by atoms with E-state index in [0.29, 0.717) is 5.71 Å². The van der Waals surface area contributed by atoms with E-state index in [4.69, 9.17) is 9.47 Å². The van der Waals surface area contributed by atoms with Gasteiger partial charge in [-0.2, -0.15) is 13.2 Å². The van der Waals surface area contributed by atoms with Crippen molar-refractivity contribution in [2.45, 2.75) is 32.4 Å². The molecule has 1 heterocycles. The number of hydrogen-bond acceptors (Lipinski definition) is 7. The fourth-order valence-electron chi connectivity index (χ4n) is 4.33. The van der Waals surface area contributed by atoms with Crippen LogP contribution in [-0.2, 0) is 36.5 Å². The van der Waals surface area contributed by atoms with Gasteiger partial charge in [-0.05, 0) is 31.0 Å². The molecule has 0 bridgehead atoms. The number of aliphatic imine (C=N–C) groups is 1. The Morgan fingerprint density at radius 3 is 2.39 bits per heavy atom. The number of rotatable bonds is 10. The summed E-state index contributed by atoms with van der Waals surface area (Å²) in [6.07, 6.45) is -4.38. The molecule has 10 heteroatoms. The lowest BCUT2D eigenvalue weighted by molar-refractivity contribution is -0.144. The van der Waals surface area contributed by atoms with Gasteiger partial charge in [-0.3, -0.25) is 14.6 Å². The number of esters is 2. The van der Waals surface area contributed by atoms with E-state index in [2.05, 4.69) is 4.99 Å². The third kappa shape index (κ3) is 7.12. The number of carbonyl (C=O) groups excluding carboxylic acids is 3. The van der Waals surface area contributed by atoms with Crippen molar-refractivity contribution in [3.8, 4) is 0 Å². The number of ketones is 1. The summed E-state index contributed by atoms with van der Waals surface area (Å²) in [7, 11) is 1.16. The first-order valence-corrected chi connectivity index (χ1v) is 13.1. The van der Waals surface area contributed by atoms with E-state index in [1.165, 1.54) is 23.9 Å². The average Bonchev–Trinajstić information content (AvgIpc) is 2.88. The highest BCUT2D eigenvalue weighted by Gasteiger charge is 2.43. The van der Waals surface area contributed by atoms with Crippen LogP contribution >= 0.6 is 11.8 Å². The Kier molecular flexibility index (Phi) is 9.90. The maximum Gasteiger partial charge on any atom is 0.416 e. The summed E-state index contributed by atoms with van der Waals surface area (Å²) in [5.74, 6) is -3.54. The standard InChI is InChI=1S/C28H28F3NO5S/c1-4-37-27(35)25-22(16-38-15-21(33)13-18-9-6-5-7-10-18)32-17(2)23(26(34)36-3)24(25)19-11-8-12-20(14-19)28(29,30)31/h5-12,14,23-24H,4,13,15-16H2,1-3H3. The van der Waals surface area contributed by atoms with Gasteiger partial charge in [0.25, 0.3) is 0 Å². The lowest BCUT2D eigenvalue weighted by Crippen LogP contribution is -2.37. The Hall–Kier alpha value is -3.40. The van der Waals surface area contributed by atoms with E-state index in [0.717, 1.165) is 24.8 Å². The fourth-order valence-corrected chi connectivity index (χ4v) is 5.18. The number of methoxy groups -OCH3 is 1. The Balaban J connectivity index is 2.00. The number of halogens is 3. The van der Waals surface area contributed by atoms with E-state index >= 15 is 0 Å². The van der Waals surface area contributed by atoms with Gasteiger partial charge in [0.05, 0.1) is 36.3 Å². The number of nitrogens with zero attached hydrogens (tertiary/aromatic N) is 1. The minimum atomic E-state index is -4.62.